The number of ether oxygens (including phenoxy) is 1. The van der Waals surface area contributed by atoms with Crippen molar-refractivity contribution in [2.45, 2.75) is 6.04 Å². The van der Waals surface area contributed by atoms with E-state index < -0.39 is 0 Å². The van der Waals surface area contributed by atoms with Crippen LogP contribution in [0.15, 0.2) is 38.6 Å². The molecule has 0 aliphatic heterocycles. The van der Waals surface area contributed by atoms with Crippen molar-refractivity contribution in [3.8, 4) is 5.75 Å². The van der Waals surface area contributed by atoms with Crippen LogP contribution in [0, 0.1) is 0 Å². The van der Waals surface area contributed by atoms with Crippen molar-refractivity contribution in [1.29, 1.82) is 0 Å². The fourth-order valence-corrected chi connectivity index (χ4v) is 3.79. The Bertz CT molecular complexity index is 540. The van der Waals surface area contributed by atoms with E-state index >= 15 is 0 Å². The molecular weight excluding hydrogens is 394 g/mol. The molecule has 19 heavy (non-hydrogen) atoms. The molecule has 2 N–H and O–H groups in total. The summed E-state index contributed by atoms with van der Waals surface area (Å²) in [5.41, 5.74) is 0.916. The van der Waals surface area contributed by atoms with Crippen molar-refractivity contribution in [3.63, 3.8) is 0 Å². The first-order chi connectivity index (χ1) is 9.13. The summed E-state index contributed by atoms with van der Waals surface area (Å²) in [6, 6.07) is 9.51. The Hall–Kier alpha value is -0.560. The molecule has 2 aromatic rings. The molecule has 2 rings (SSSR count). The van der Waals surface area contributed by atoms with Gasteiger partial charge in [-0.05, 0) is 50.1 Å². The van der Waals surface area contributed by atoms with Crippen molar-refractivity contribution >= 4 is 48.9 Å². The van der Waals surface area contributed by atoms with Gasteiger partial charge in [0.15, 0.2) is 0 Å². The fraction of sp³-hybridized carbons (Fsp3) is 0.231. The maximum absolute atomic E-state index is 9.55. The van der Waals surface area contributed by atoms with Gasteiger partial charge in [-0.2, -0.15) is 0 Å². The molecule has 0 saturated carbocycles. The summed E-state index contributed by atoms with van der Waals surface area (Å²) in [5, 5.41) is 12.8. The predicted molar refractivity (Wildman–Crippen MR) is 86.2 cm³/mol. The highest BCUT2D eigenvalue weighted by Gasteiger charge is 2.15. The predicted octanol–water partition coefficient (Wildman–Crippen LogP) is 4.43. The van der Waals surface area contributed by atoms with Crippen LogP contribution in [0.2, 0.25) is 0 Å². The van der Waals surface area contributed by atoms with Gasteiger partial charge in [-0.3, -0.25) is 0 Å². The number of rotatable bonds is 5. The summed E-state index contributed by atoms with van der Waals surface area (Å²) in [5.74, 6) is 0.787. The van der Waals surface area contributed by atoms with Gasteiger partial charge in [0.05, 0.1) is 23.5 Å². The second kappa shape index (κ2) is 6.74. The van der Waals surface area contributed by atoms with Crippen LogP contribution in [0.1, 0.15) is 10.9 Å². The monoisotopic (exact) mass is 405 g/mol. The molecule has 1 atom stereocenters. The zero-order valence-corrected chi connectivity index (χ0v) is 14.2. The van der Waals surface area contributed by atoms with Crippen molar-refractivity contribution in [1.82, 2.24) is 0 Å². The van der Waals surface area contributed by atoms with E-state index in [1.54, 1.807) is 18.4 Å². The smallest absolute Gasteiger partial charge is 0.120 e. The van der Waals surface area contributed by atoms with E-state index in [2.05, 4.69) is 37.2 Å². The second-order valence-electron chi connectivity index (χ2n) is 3.88. The van der Waals surface area contributed by atoms with Crippen LogP contribution < -0.4 is 10.1 Å². The number of methoxy groups -OCH3 is 1. The molecule has 0 fully saturated rings. The van der Waals surface area contributed by atoms with Crippen LogP contribution in [0.4, 0.5) is 5.69 Å². The number of aliphatic hydroxyl groups excluding tert-OH is 1. The summed E-state index contributed by atoms with van der Waals surface area (Å²) in [6.45, 7) is 0.0244. The van der Waals surface area contributed by atoms with Crippen molar-refractivity contribution in [2.24, 2.45) is 0 Å². The molecule has 0 saturated heterocycles. The zero-order chi connectivity index (χ0) is 13.8. The number of benzene rings is 1. The summed E-state index contributed by atoms with van der Waals surface area (Å²) < 4.78 is 7.20. The van der Waals surface area contributed by atoms with Crippen LogP contribution in [-0.2, 0) is 0 Å². The average Bonchev–Trinajstić information content (AvgIpc) is 2.76. The Morgan fingerprint density at radius 1 is 1.37 bits per heavy atom. The molecule has 102 valence electrons. The van der Waals surface area contributed by atoms with Gasteiger partial charge in [0.1, 0.15) is 5.75 Å². The summed E-state index contributed by atoms with van der Waals surface area (Å²) in [7, 11) is 1.64. The minimum absolute atomic E-state index is 0.0244. The van der Waals surface area contributed by atoms with E-state index in [0.717, 1.165) is 24.6 Å². The van der Waals surface area contributed by atoms with E-state index in [0.29, 0.717) is 0 Å². The molecule has 0 aliphatic carbocycles. The lowest BCUT2D eigenvalue weighted by Gasteiger charge is -2.16. The molecule has 1 aromatic carbocycles. The third-order valence-corrected chi connectivity index (χ3v) is 5.97. The van der Waals surface area contributed by atoms with E-state index in [4.69, 9.17) is 4.74 Å². The maximum Gasteiger partial charge on any atom is 0.120 e. The molecule has 6 heteroatoms. The number of hydrogen-bond donors (Lipinski definition) is 2. The number of thiophene rings is 1. The highest BCUT2D eigenvalue weighted by molar-refractivity contribution is 9.13. The van der Waals surface area contributed by atoms with Gasteiger partial charge < -0.3 is 15.2 Å². The quantitative estimate of drug-likeness (QED) is 0.771. The first kappa shape index (κ1) is 14.8. The molecule has 0 amide bonds. The lowest BCUT2D eigenvalue weighted by Crippen LogP contribution is -2.13. The fourth-order valence-electron chi connectivity index (χ4n) is 1.66. The van der Waals surface area contributed by atoms with Crippen LogP contribution in [0.3, 0.4) is 0 Å². The molecule has 0 spiro atoms. The molecular formula is C13H13Br2NO2S. The van der Waals surface area contributed by atoms with Gasteiger partial charge >= 0.3 is 0 Å². The van der Waals surface area contributed by atoms with Crippen LogP contribution in [0.25, 0.3) is 0 Å². The van der Waals surface area contributed by atoms with Crippen molar-refractivity contribution in [2.75, 3.05) is 19.0 Å². The molecule has 0 aliphatic rings. The highest BCUT2D eigenvalue weighted by atomic mass is 79.9. The van der Waals surface area contributed by atoms with E-state index in [-0.39, 0.29) is 12.6 Å². The highest BCUT2D eigenvalue weighted by Crippen LogP contribution is 2.36. The van der Waals surface area contributed by atoms with Crippen molar-refractivity contribution in [3.05, 3.63) is 43.5 Å². The number of aliphatic hydroxyl groups is 1. The number of hydrogen-bond acceptors (Lipinski definition) is 4. The van der Waals surface area contributed by atoms with Gasteiger partial charge in [0.25, 0.3) is 0 Å². The Kier molecular flexibility index (Phi) is 5.27. The SMILES string of the molecule is COc1cccc(NC(CO)c2cc(Br)c(Br)s2)c1. The van der Waals surface area contributed by atoms with E-state index in [1.807, 2.05) is 30.3 Å². The third-order valence-electron chi connectivity index (χ3n) is 2.60. The zero-order valence-electron chi connectivity index (χ0n) is 10.2. The minimum Gasteiger partial charge on any atom is -0.497 e. The minimum atomic E-state index is -0.139. The van der Waals surface area contributed by atoms with Gasteiger partial charge in [0.2, 0.25) is 0 Å². The summed E-state index contributed by atoms with van der Waals surface area (Å²) in [6.07, 6.45) is 0. The standard InChI is InChI=1S/C13H13Br2NO2S/c1-18-9-4-2-3-8(5-9)16-11(7-17)12-6-10(14)13(15)19-12/h2-6,11,16-17H,7H2,1H3. The normalized spacial score (nSPS) is 12.2. The average molecular weight is 407 g/mol. The largest absolute Gasteiger partial charge is 0.497 e. The van der Waals surface area contributed by atoms with Gasteiger partial charge in [-0.25, -0.2) is 0 Å². The lowest BCUT2D eigenvalue weighted by atomic mass is 10.2. The molecule has 1 unspecified atom stereocenters. The summed E-state index contributed by atoms with van der Waals surface area (Å²) in [4.78, 5) is 1.06. The maximum atomic E-state index is 9.55. The van der Waals surface area contributed by atoms with Crippen LogP contribution >= 0.6 is 43.2 Å². The van der Waals surface area contributed by atoms with Crippen molar-refractivity contribution < 1.29 is 9.84 Å². The van der Waals surface area contributed by atoms with Crippen LogP contribution in [-0.4, -0.2) is 18.8 Å². The van der Waals surface area contributed by atoms with Gasteiger partial charge in [-0.15, -0.1) is 11.3 Å². The number of anilines is 1. The third kappa shape index (κ3) is 3.72. The first-order valence-corrected chi connectivity index (χ1v) is 8.00. The number of nitrogens with one attached hydrogen (secondary N) is 1. The second-order valence-corrected chi connectivity index (χ2v) is 7.14. The Balaban J connectivity index is 2.18. The molecule has 1 heterocycles. The first-order valence-electron chi connectivity index (χ1n) is 5.60. The lowest BCUT2D eigenvalue weighted by molar-refractivity contribution is 0.277. The Morgan fingerprint density at radius 2 is 2.16 bits per heavy atom. The Labute approximate surface area is 132 Å². The van der Waals surface area contributed by atoms with Gasteiger partial charge in [0, 0.05) is 21.1 Å². The molecule has 0 radical (unpaired) electrons. The molecule has 3 nitrogen and oxygen atoms in total. The van der Waals surface area contributed by atoms with E-state index in [1.165, 1.54) is 0 Å². The molecule has 0 bridgehead atoms. The molecule has 1 aromatic heterocycles. The van der Waals surface area contributed by atoms with E-state index in [9.17, 15) is 5.11 Å². The van der Waals surface area contributed by atoms with Crippen LogP contribution in [0.5, 0.6) is 5.75 Å². The van der Waals surface area contributed by atoms with Gasteiger partial charge in [-0.1, -0.05) is 6.07 Å². The summed E-state index contributed by atoms with van der Waals surface area (Å²) >= 11 is 8.51. The Morgan fingerprint density at radius 3 is 2.74 bits per heavy atom. The topological polar surface area (TPSA) is 41.5 Å². The number of halogens is 2.